The number of carbonyl (C=O) groups excluding carboxylic acids is 3. The first-order chi connectivity index (χ1) is 18.9. The Morgan fingerprint density at radius 1 is 0.925 bits per heavy atom. The van der Waals surface area contributed by atoms with Crippen molar-refractivity contribution in [3.63, 3.8) is 0 Å². The molecule has 3 amide bonds. The molecule has 222 valence electrons. The molecule has 0 aromatic heterocycles. The molecule has 0 saturated carbocycles. The second kappa shape index (κ2) is 16.1. The van der Waals surface area contributed by atoms with E-state index in [-0.39, 0.29) is 18.2 Å². The monoisotopic (exact) mass is 560 g/mol. The van der Waals surface area contributed by atoms with Crippen molar-refractivity contribution in [2.24, 2.45) is 17.8 Å². The molecule has 0 saturated heterocycles. The van der Waals surface area contributed by atoms with E-state index in [0.29, 0.717) is 24.6 Å². The maximum atomic E-state index is 12.8. The van der Waals surface area contributed by atoms with Gasteiger partial charge >= 0.3 is 0 Å². The normalized spacial score (nSPS) is 15.2. The number of hydroxylamine groups is 2. The zero-order valence-corrected chi connectivity index (χ0v) is 24.0. The second-order valence-electron chi connectivity index (χ2n) is 11.1. The van der Waals surface area contributed by atoms with E-state index in [2.05, 4.69) is 16.0 Å². The van der Waals surface area contributed by atoms with Crippen molar-refractivity contribution in [1.82, 2.24) is 16.0 Å². The number of rotatable bonds is 16. The first-order valence-electron chi connectivity index (χ1n) is 13.7. The molecule has 0 bridgehead atoms. The van der Waals surface area contributed by atoms with Crippen molar-refractivity contribution in [2.45, 2.75) is 72.2 Å². The number of hydrogen-bond acceptors (Lipinski definition) is 7. The molecule has 2 aromatic carbocycles. The Morgan fingerprint density at radius 2 is 1.60 bits per heavy atom. The van der Waals surface area contributed by atoms with Crippen LogP contribution >= 0.6 is 0 Å². The number of hydrogen-bond donors (Lipinski definition) is 6. The minimum absolute atomic E-state index is 0.117. The number of nitrogens with one attached hydrogen (secondary N) is 4. The van der Waals surface area contributed by atoms with Crippen molar-refractivity contribution >= 4 is 28.5 Å². The highest BCUT2D eigenvalue weighted by Gasteiger charge is 2.29. The van der Waals surface area contributed by atoms with Crippen molar-refractivity contribution < 1.29 is 34.7 Å². The molecule has 0 heterocycles. The van der Waals surface area contributed by atoms with Crippen molar-refractivity contribution in [3.8, 4) is 5.75 Å². The first-order valence-corrected chi connectivity index (χ1v) is 13.7. The summed E-state index contributed by atoms with van der Waals surface area (Å²) in [5.41, 5.74) is 0. The summed E-state index contributed by atoms with van der Waals surface area (Å²) in [7, 11) is 0. The van der Waals surface area contributed by atoms with Gasteiger partial charge in [-0.15, -0.1) is 0 Å². The van der Waals surface area contributed by atoms with Gasteiger partial charge in [0.05, 0.1) is 12.1 Å². The van der Waals surface area contributed by atoms with Crippen molar-refractivity contribution in [1.29, 1.82) is 0 Å². The van der Waals surface area contributed by atoms with E-state index in [9.17, 15) is 29.9 Å². The SMILES string of the molecule is CC(C)CNC(=O)[C@H](C)C[C@H](O)[C@H](CC(C)C)NC(=O)C[C@H](NC(=O)COc1cccc2ccccc12)[NH+]([O-])O. The van der Waals surface area contributed by atoms with Crippen LogP contribution in [-0.2, 0) is 14.4 Å². The van der Waals surface area contributed by atoms with Gasteiger partial charge in [0.15, 0.2) is 6.61 Å². The Hall–Kier alpha value is -3.25. The fourth-order valence-corrected chi connectivity index (χ4v) is 4.28. The Kier molecular flexibility index (Phi) is 13.3. The molecule has 11 nitrogen and oxygen atoms in total. The van der Waals surface area contributed by atoms with Gasteiger partial charge in [-0.1, -0.05) is 71.0 Å². The predicted molar refractivity (Wildman–Crippen MR) is 151 cm³/mol. The van der Waals surface area contributed by atoms with Crippen LogP contribution in [0.5, 0.6) is 5.75 Å². The lowest BCUT2D eigenvalue weighted by Crippen LogP contribution is -3.11. The quantitative estimate of drug-likeness (QED) is 0.134. The van der Waals surface area contributed by atoms with Crippen LogP contribution < -0.4 is 25.9 Å². The molecule has 0 spiro atoms. The maximum absolute atomic E-state index is 12.8. The molecule has 6 N–H and O–H groups in total. The molecule has 40 heavy (non-hydrogen) atoms. The number of fused-ring (bicyclic) bond motifs is 1. The molecular weight excluding hydrogens is 516 g/mol. The van der Waals surface area contributed by atoms with Crippen LogP contribution in [0.25, 0.3) is 10.8 Å². The zero-order valence-electron chi connectivity index (χ0n) is 24.0. The van der Waals surface area contributed by atoms with E-state index in [1.54, 1.807) is 19.1 Å². The van der Waals surface area contributed by atoms with Gasteiger partial charge in [-0.3, -0.25) is 14.4 Å². The molecule has 0 aliphatic rings. The molecule has 2 aromatic rings. The molecule has 0 radical (unpaired) electrons. The third-order valence-electron chi connectivity index (χ3n) is 6.39. The van der Waals surface area contributed by atoms with Gasteiger partial charge < -0.3 is 31.0 Å². The van der Waals surface area contributed by atoms with Gasteiger partial charge in [0.1, 0.15) is 12.2 Å². The van der Waals surface area contributed by atoms with E-state index in [0.717, 1.165) is 10.8 Å². The summed E-state index contributed by atoms with van der Waals surface area (Å²) in [4.78, 5) is 37.7. The molecular formula is C29H44N4O7. The standard InChI is InChI=1S/C29H44N4O7/c1-18(2)13-23(24(34)14-20(5)29(37)30-16-19(3)4)31-27(35)15-26(33(38)39)32-28(36)17-40-25-12-8-10-21-9-6-7-11-22(21)25/h6-12,18-20,23-24,26,33-34,38H,13-17H2,1-5H3,(H,30,37)(H,31,35)(H,32,36)/t20-,23+,24+,26-/m1/s1. The summed E-state index contributed by atoms with van der Waals surface area (Å²) >= 11 is 0. The Morgan fingerprint density at radius 3 is 2.25 bits per heavy atom. The van der Waals surface area contributed by atoms with Crippen LogP contribution in [0, 0.1) is 23.0 Å². The maximum Gasteiger partial charge on any atom is 0.262 e. The molecule has 0 aliphatic heterocycles. The van der Waals surface area contributed by atoms with Crippen LogP contribution in [0.15, 0.2) is 42.5 Å². The fourth-order valence-electron chi connectivity index (χ4n) is 4.28. The average Bonchev–Trinajstić information content (AvgIpc) is 2.89. The zero-order chi connectivity index (χ0) is 29.8. The fraction of sp³-hybridized carbons (Fsp3) is 0.552. The summed E-state index contributed by atoms with van der Waals surface area (Å²) in [6.07, 6.45) is -2.47. The van der Waals surface area contributed by atoms with E-state index in [4.69, 9.17) is 4.74 Å². The lowest BCUT2D eigenvalue weighted by molar-refractivity contribution is -1.07. The number of carbonyl (C=O) groups is 3. The summed E-state index contributed by atoms with van der Waals surface area (Å²) in [5, 5.41) is 40.6. The van der Waals surface area contributed by atoms with Crippen LogP contribution in [0.1, 0.15) is 53.9 Å². The summed E-state index contributed by atoms with van der Waals surface area (Å²) in [6, 6.07) is 12.2. The molecule has 0 aliphatic carbocycles. The second-order valence-corrected chi connectivity index (χ2v) is 11.1. The van der Waals surface area contributed by atoms with Crippen molar-refractivity contribution in [2.75, 3.05) is 13.2 Å². The predicted octanol–water partition coefficient (Wildman–Crippen LogP) is 1.51. The third-order valence-corrected chi connectivity index (χ3v) is 6.39. The van der Waals surface area contributed by atoms with E-state index in [1.165, 1.54) is 0 Å². The minimum atomic E-state index is -1.49. The molecule has 5 atom stereocenters. The third kappa shape index (κ3) is 11.1. The summed E-state index contributed by atoms with van der Waals surface area (Å²) in [5.74, 6) is -1.09. The smallest absolute Gasteiger partial charge is 0.262 e. The van der Waals surface area contributed by atoms with E-state index >= 15 is 0 Å². The van der Waals surface area contributed by atoms with Gasteiger partial charge in [-0.05, 0) is 36.1 Å². The van der Waals surface area contributed by atoms with E-state index in [1.807, 2.05) is 58.0 Å². The summed E-state index contributed by atoms with van der Waals surface area (Å²) < 4.78 is 5.62. The highest BCUT2D eigenvalue weighted by molar-refractivity contribution is 5.88. The van der Waals surface area contributed by atoms with Gasteiger partial charge in [0, 0.05) is 17.8 Å². The minimum Gasteiger partial charge on any atom is -0.598 e. The van der Waals surface area contributed by atoms with Crippen LogP contribution in [0.4, 0.5) is 0 Å². The Labute approximate surface area is 235 Å². The number of amides is 3. The van der Waals surface area contributed by atoms with Gasteiger partial charge in [-0.25, -0.2) is 10.4 Å². The molecule has 1 unspecified atom stereocenters. The lowest BCUT2D eigenvalue weighted by Gasteiger charge is -2.29. The van der Waals surface area contributed by atoms with Crippen LogP contribution in [0.2, 0.25) is 0 Å². The Balaban J connectivity index is 1.95. The number of aliphatic hydroxyl groups excluding tert-OH is 1. The van der Waals surface area contributed by atoms with E-state index < -0.39 is 54.3 Å². The molecule has 2 rings (SSSR count). The molecule has 11 heteroatoms. The first kappa shape index (κ1) is 33.0. The van der Waals surface area contributed by atoms with Gasteiger partial charge in [0.25, 0.3) is 5.91 Å². The average molecular weight is 561 g/mol. The number of benzene rings is 2. The Bertz CT molecular complexity index is 1100. The number of quaternary nitrogens is 1. The lowest BCUT2D eigenvalue weighted by atomic mass is 9.92. The number of ether oxygens (including phenoxy) is 1. The molecule has 0 fully saturated rings. The van der Waals surface area contributed by atoms with Crippen LogP contribution in [-0.4, -0.2) is 59.5 Å². The highest BCUT2D eigenvalue weighted by atomic mass is 16.8. The topological polar surface area (TPSA) is 164 Å². The highest BCUT2D eigenvalue weighted by Crippen LogP contribution is 2.25. The van der Waals surface area contributed by atoms with Crippen molar-refractivity contribution in [3.05, 3.63) is 47.7 Å². The largest absolute Gasteiger partial charge is 0.598 e. The number of aliphatic hydroxyl groups is 1. The summed E-state index contributed by atoms with van der Waals surface area (Å²) in [6.45, 7) is 9.65. The van der Waals surface area contributed by atoms with Gasteiger partial charge in [-0.2, -0.15) is 0 Å². The van der Waals surface area contributed by atoms with Crippen LogP contribution in [0.3, 0.4) is 0 Å². The van der Waals surface area contributed by atoms with Gasteiger partial charge in [0.2, 0.25) is 18.0 Å².